The molecule has 2 aromatic carbocycles. The summed E-state index contributed by atoms with van der Waals surface area (Å²) in [5.41, 5.74) is 1.22. The second kappa shape index (κ2) is 7.99. The largest absolute Gasteiger partial charge is 0.301 e. The molecule has 0 aliphatic carbocycles. The van der Waals surface area contributed by atoms with Crippen LogP contribution in [0.15, 0.2) is 42.5 Å². The number of halogens is 1. The van der Waals surface area contributed by atoms with E-state index in [-0.39, 0.29) is 5.38 Å². The standard InChI is InChI=1S/C20H28ClN/c1-15(2)12-22(13-16(3)4)14-20(21)19-10-9-17-7-5-6-8-18(17)11-19/h5-11,15-16,20H,12-14H2,1-4H3. The van der Waals surface area contributed by atoms with Crippen molar-refractivity contribution in [1.82, 2.24) is 4.90 Å². The predicted molar refractivity (Wildman–Crippen MR) is 98.7 cm³/mol. The molecule has 2 aromatic rings. The van der Waals surface area contributed by atoms with Gasteiger partial charge in [0, 0.05) is 19.6 Å². The van der Waals surface area contributed by atoms with Crippen LogP contribution in [0.5, 0.6) is 0 Å². The van der Waals surface area contributed by atoms with E-state index in [1.165, 1.54) is 16.3 Å². The molecule has 1 atom stereocenters. The second-order valence-electron chi connectivity index (χ2n) is 7.08. The van der Waals surface area contributed by atoms with Crippen molar-refractivity contribution in [2.24, 2.45) is 11.8 Å². The van der Waals surface area contributed by atoms with Crippen molar-refractivity contribution in [1.29, 1.82) is 0 Å². The number of alkyl halides is 1. The topological polar surface area (TPSA) is 3.24 Å². The van der Waals surface area contributed by atoms with Crippen molar-refractivity contribution in [3.8, 4) is 0 Å². The van der Waals surface area contributed by atoms with Gasteiger partial charge in [0.2, 0.25) is 0 Å². The summed E-state index contributed by atoms with van der Waals surface area (Å²) in [4.78, 5) is 2.50. The van der Waals surface area contributed by atoms with E-state index in [1.807, 2.05) is 0 Å². The fourth-order valence-electron chi connectivity index (χ4n) is 2.99. The summed E-state index contributed by atoms with van der Waals surface area (Å²) in [5.74, 6) is 1.33. The van der Waals surface area contributed by atoms with E-state index in [9.17, 15) is 0 Å². The van der Waals surface area contributed by atoms with Crippen LogP contribution in [-0.4, -0.2) is 24.5 Å². The Bertz CT molecular complexity index is 581. The van der Waals surface area contributed by atoms with E-state index in [2.05, 4.69) is 75.1 Å². The quantitative estimate of drug-likeness (QED) is 0.589. The molecule has 0 N–H and O–H groups in total. The maximum atomic E-state index is 6.73. The lowest BCUT2D eigenvalue weighted by molar-refractivity contribution is 0.219. The van der Waals surface area contributed by atoms with Crippen molar-refractivity contribution in [2.45, 2.75) is 33.1 Å². The Kier molecular flexibility index (Phi) is 6.28. The second-order valence-corrected chi connectivity index (χ2v) is 7.61. The van der Waals surface area contributed by atoms with E-state index in [0.29, 0.717) is 11.8 Å². The van der Waals surface area contributed by atoms with Gasteiger partial charge in [-0.15, -0.1) is 11.6 Å². The van der Waals surface area contributed by atoms with Gasteiger partial charge in [-0.3, -0.25) is 0 Å². The van der Waals surface area contributed by atoms with Gasteiger partial charge in [-0.25, -0.2) is 0 Å². The SMILES string of the molecule is CC(C)CN(CC(C)C)CC(Cl)c1ccc2ccccc2c1. The molecule has 0 aliphatic rings. The Labute approximate surface area is 140 Å². The van der Waals surface area contributed by atoms with Crippen LogP contribution in [-0.2, 0) is 0 Å². The first kappa shape index (κ1) is 17.3. The third-order valence-electron chi connectivity index (χ3n) is 3.80. The summed E-state index contributed by atoms with van der Waals surface area (Å²) < 4.78 is 0. The molecule has 0 amide bonds. The highest BCUT2D eigenvalue weighted by Crippen LogP contribution is 2.26. The zero-order valence-electron chi connectivity index (χ0n) is 14.2. The van der Waals surface area contributed by atoms with Gasteiger partial charge in [-0.05, 0) is 34.2 Å². The summed E-state index contributed by atoms with van der Waals surface area (Å²) in [5, 5.41) is 2.59. The Morgan fingerprint density at radius 2 is 1.41 bits per heavy atom. The van der Waals surface area contributed by atoms with Gasteiger partial charge in [0.1, 0.15) is 0 Å². The molecule has 0 spiro atoms. The van der Waals surface area contributed by atoms with Gasteiger partial charge in [0.05, 0.1) is 5.38 Å². The van der Waals surface area contributed by atoms with Gasteiger partial charge < -0.3 is 4.90 Å². The Hall–Kier alpha value is -1.05. The summed E-state index contributed by atoms with van der Waals surface area (Å²) in [6.07, 6.45) is 0. The molecular weight excluding hydrogens is 290 g/mol. The Balaban J connectivity index is 2.11. The third kappa shape index (κ3) is 5.00. The van der Waals surface area contributed by atoms with E-state index in [0.717, 1.165) is 19.6 Å². The number of hydrogen-bond acceptors (Lipinski definition) is 1. The van der Waals surface area contributed by atoms with Crippen LogP contribution in [0.4, 0.5) is 0 Å². The van der Waals surface area contributed by atoms with Gasteiger partial charge in [0.25, 0.3) is 0 Å². The van der Waals surface area contributed by atoms with Crippen molar-refractivity contribution in [2.75, 3.05) is 19.6 Å². The molecule has 1 nitrogen and oxygen atoms in total. The molecule has 22 heavy (non-hydrogen) atoms. The molecule has 0 aromatic heterocycles. The first-order valence-corrected chi connectivity index (χ1v) is 8.74. The number of rotatable bonds is 7. The molecule has 0 saturated carbocycles. The molecule has 0 radical (unpaired) electrons. The average molecular weight is 318 g/mol. The summed E-state index contributed by atoms with van der Waals surface area (Å²) in [6.45, 7) is 12.2. The average Bonchev–Trinajstić information content (AvgIpc) is 2.45. The smallest absolute Gasteiger partial charge is 0.0712 e. The molecule has 0 fully saturated rings. The molecular formula is C20H28ClN. The fourth-order valence-corrected chi connectivity index (χ4v) is 3.32. The number of hydrogen-bond donors (Lipinski definition) is 0. The van der Waals surface area contributed by atoms with Gasteiger partial charge >= 0.3 is 0 Å². The van der Waals surface area contributed by atoms with Crippen LogP contribution in [0.2, 0.25) is 0 Å². The highest BCUT2D eigenvalue weighted by Gasteiger charge is 2.16. The molecule has 2 rings (SSSR count). The molecule has 2 heteroatoms. The Morgan fingerprint density at radius 1 is 0.818 bits per heavy atom. The molecule has 1 unspecified atom stereocenters. The van der Waals surface area contributed by atoms with E-state index in [4.69, 9.17) is 11.6 Å². The highest BCUT2D eigenvalue weighted by molar-refractivity contribution is 6.21. The molecule has 0 bridgehead atoms. The van der Waals surface area contributed by atoms with Gasteiger partial charge in [0.15, 0.2) is 0 Å². The normalized spacial score (nSPS) is 13.5. The lowest BCUT2D eigenvalue weighted by Crippen LogP contribution is -2.34. The Morgan fingerprint density at radius 3 is 2.00 bits per heavy atom. The van der Waals surface area contributed by atoms with Crippen LogP contribution in [0.25, 0.3) is 10.8 Å². The number of benzene rings is 2. The highest BCUT2D eigenvalue weighted by atomic mass is 35.5. The van der Waals surface area contributed by atoms with Crippen molar-refractivity contribution in [3.63, 3.8) is 0 Å². The number of fused-ring (bicyclic) bond motifs is 1. The van der Waals surface area contributed by atoms with Crippen molar-refractivity contribution < 1.29 is 0 Å². The lowest BCUT2D eigenvalue weighted by atomic mass is 10.0. The maximum absolute atomic E-state index is 6.73. The van der Waals surface area contributed by atoms with Crippen LogP contribution in [0, 0.1) is 11.8 Å². The summed E-state index contributed by atoms with van der Waals surface area (Å²) >= 11 is 6.73. The first-order chi connectivity index (χ1) is 10.5. The van der Waals surface area contributed by atoms with Crippen LogP contribution >= 0.6 is 11.6 Å². The van der Waals surface area contributed by atoms with E-state index >= 15 is 0 Å². The van der Waals surface area contributed by atoms with Crippen molar-refractivity contribution >= 4 is 22.4 Å². The van der Waals surface area contributed by atoms with Gasteiger partial charge in [-0.2, -0.15) is 0 Å². The molecule has 0 heterocycles. The minimum atomic E-state index is 0.0436. The monoisotopic (exact) mass is 317 g/mol. The zero-order valence-corrected chi connectivity index (χ0v) is 15.0. The third-order valence-corrected chi connectivity index (χ3v) is 4.19. The van der Waals surface area contributed by atoms with Crippen LogP contribution in [0.3, 0.4) is 0 Å². The molecule has 0 saturated heterocycles. The fraction of sp³-hybridized carbons (Fsp3) is 0.500. The van der Waals surface area contributed by atoms with E-state index in [1.54, 1.807) is 0 Å². The summed E-state index contributed by atoms with van der Waals surface area (Å²) in [6, 6.07) is 15.0. The minimum absolute atomic E-state index is 0.0436. The van der Waals surface area contributed by atoms with Crippen LogP contribution < -0.4 is 0 Å². The minimum Gasteiger partial charge on any atom is -0.301 e. The number of nitrogens with zero attached hydrogens (tertiary/aromatic N) is 1. The summed E-state index contributed by atoms with van der Waals surface area (Å²) in [7, 11) is 0. The van der Waals surface area contributed by atoms with Gasteiger partial charge in [-0.1, -0.05) is 64.1 Å². The molecule has 0 aliphatic heterocycles. The van der Waals surface area contributed by atoms with Crippen molar-refractivity contribution in [3.05, 3.63) is 48.0 Å². The molecule has 120 valence electrons. The zero-order chi connectivity index (χ0) is 16.1. The first-order valence-electron chi connectivity index (χ1n) is 8.31. The van der Waals surface area contributed by atoms with E-state index < -0.39 is 0 Å². The lowest BCUT2D eigenvalue weighted by Gasteiger charge is -2.28. The van der Waals surface area contributed by atoms with Crippen LogP contribution in [0.1, 0.15) is 38.6 Å². The predicted octanol–water partition coefficient (Wildman–Crippen LogP) is 5.73. The maximum Gasteiger partial charge on any atom is 0.0712 e.